The van der Waals surface area contributed by atoms with Gasteiger partial charge in [-0.15, -0.1) is 0 Å². The van der Waals surface area contributed by atoms with Gasteiger partial charge in [-0.2, -0.15) is 0 Å². The molecule has 0 bridgehead atoms. The Bertz CT molecular complexity index is 1250. The Morgan fingerprint density at radius 2 is 1.85 bits per heavy atom. The molecule has 0 unspecified atom stereocenters. The van der Waals surface area contributed by atoms with E-state index < -0.39 is 0 Å². The van der Waals surface area contributed by atoms with E-state index in [1.54, 1.807) is 13.2 Å². The van der Waals surface area contributed by atoms with Crippen molar-refractivity contribution in [1.82, 2.24) is 20.0 Å². The number of nitrogens with one attached hydrogen (secondary N) is 1. The van der Waals surface area contributed by atoms with Gasteiger partial charge in [0.05, 0.1) is 20.3 Å². The fraction of sp³-hybridized carbons (Fsp3) is 0.280. The number of ether oxygens (including phenoxy) is 2. The van der Waals surface area contributed by atoms with Crippen LogP contribution >= 0.6 is 0 Å². The summed E-state index contributed by atoms with van der Waals surface area (Å²) in [5.74, 6) is 1.47. The molecule has 170 valence electrons. The van der Waals surface area contributed by atoms with Crippen molar-refractivity contribution in [3.63, 3.8) is 0 Å². The molecule has 0 atom stereocenters. The first-order chi connectivity index (χ1) is 16.2. The fourth-order valence-corrected chi connectivity index (χ4v) is 4.26. The first-order valence-electron chi connectivity index (χ1n) is 11.1. The Hall–Kier alpha value is -3.62. The molecule has 2 N–H and O–H groups in total. The number of H-pyrrole nitrogens is 1. The van der Waals surface area contributed by atoms with Crippen LogP contribution in [0.5, 0.6) is 11.5 Å². The molecule has 5 rings (SSSR count). The summed E-state index contributed by atoms with van der Waals surface area (Å²) in [6.07, 6.45) is 5.70. The first kappa shape index (κ1) is 21.2. The minimum absolute atomic E-state index is 0.113. The van der Waals surface area contributed by atoms with Crippen LogP contribution in [0, 0.1) is 0 Å². The molecule has 3 aromatic heterocycles. The highest BCUT2D eigenvalue weighted by molar-refractivity contribution is 5.95. The zero-order valence-electron chi connectivity index (χ0n) is 18.8. The molecule has 0 saturated carbocycles. The molecular weight excluding hydrogens is 418 g/mol. The topological polar surface area (TPSA) is 86.7 Å². The number of hydrogen-bond donors (Lipinski definition) is 2. The van der Waals surface area contributed by atoms with Gasteiger partial charge in [-0.1, -0.05) is 6.07 Å². The standard InChI is InChI=1S/C25H27N5O3/c1-3-30(29-8-10-33-11-9-29)24-7-5-18(14-26-24)21-16-28-25-20(21)12-19(15-27-25)17-4-6-22(31)23(13-17)32-2/h4-7,12-16,31H,3,8-11H2,1-2H3,(H,27,28). The van der Waals surface area contributed by atoms with Gasteiger partial charge in [0, 0.05) is 60.3 Å². The van der Waals surface area contributed by atoms with Crippen molar-refractivity contribution >= 4 is 16.9 Å². The monoisotopic (exact) mass is 445 g/mol. The predicted molar refractivity (Wildman–Crippen MR) is 128 cm³/mol. The van der Waals surface area contributed by atoms with Gasteiger partial charge in [0.1, 0.15) is 11.5 Å². The summed E-state index contributed by atoms with van der Waals surface area (Å²) in [6, 6.07) is 11.6. The lowest BCUT2D eigenvalue weighted by Gasteiger charge is -2.37. The highest BCUT2D eigenvalue weighted by Gasteiger charge is 2.19. The van der Waals surface area contributed by atoms with Crippen LogP contribution in [0.4, 0.5) is 5.82 Å². The second-order valence-electron chi connectivity index (χ2n) is 7.90. The smallest absolute Gasteiger partial charge is 0.161 e. The summed E-state index contributed by atoms with van der Waals surface area (Å²) >= 11 is 0. The lowest BCUT2D eigenvalue weighted by atomic mass is 10.0. The number of anilines is 1. The third-order valence-corrected chi connectivity index (χ3v) is 6.00. The molecule has 8 heteroatoms. The molecular formula is C25H27N5O3. The van der Waals surface area contributed by atoms with Crippen LogP contribution in [0.15, 0.2) is 55.0 Å². The normalized spacial score (nSPS) is 14.5. The van der Waals surface area contributed by atoms with Crippen LogP contribution in [-0.4, -0.2) is 65.0 Å². The van der Waals surface area contributed by atoms with Crippen LogP contribution in [0.2, 0.25) is 0 Å². The maximum Gasteiger partial charge on any atom is 0.161 e. The molecule has 4 heterocycles. The number of rotatable bonds is 6. The second-order valence-corrected chi connectivity index (χ2v) is 7.90. The van der Waals surface area contributed by atoms with Gasteiger partial charge < -0.3 is 19.6 Å². The minimum Gasteiger partial charge on any atom is -0.504 e. The number of aromatic nitrogens is 3. The zero-order valence-corrected chi connectivity index (χ0v) is 18.8. The Kier molecular flexibility index (Phi) is 5.85. The number of aromatic amines is 1. The van der Waals surface area contributed by atoms with Crippen LogP contribution < -0.4 is 9.75 Å². The number of fused-ring (bicyclic) bond motifs is 1. The number of pyridine rings is 2. The predicted octanol–water partition coefficient (Wildman–Crippen LogP) is 4.08. The van der Waals surface area contributed by atoms with Gasteiger partial charge >= 0.3 is 0 Å². The van der Waals surface area contributed by atoms with E-state index in [0.717, 1.165) is 72.0 Å². The lowest BCUT2D eigenvalue weighted by Crippen LogP contribution is -2.49. The number of hydrogen-bond acceptors (Lipinski definition) is 7. The Balaban J connectivity index is 1.47. The van der Waals surface area contributed by atoms with Gasteiger partial charge in [-0.3, -0.25) is 5.01 Å². The SMILES string of the molecule is CCN(c1ccc(-c2c[nH]c3ncc(-c4ccc(O)c(OC)c4)cc23)cn1)N1CCOCC1. The van der Waals surface area contributed by atoms with E-state index in [-0.39, 0.29) is 5.75 Å². The number of aromatic hydroxyl groups is 1. The molecule has 4 aromatic rings. The highest BCUT2D eigenvalue weighted by Crippen LogP contribution is 2.34. The molecule has 1 saturated heterocycles. The van der Waals surface area contributed by atoms with Crippen LogP contribution in [-0.2, 0) is 4.74 Å². The van der Waals surface area contributed by atoms with Gasteiger partial charge in [-0.25, -0.2) is 15.0 Å². The fourth-order valence-electron chi connectivity index (χ4n) is 4.26. The molecule has 0 radical (unpaired) electrons. The van der Waals surface area contributed by atoms with Gasteiger partial charge in [0.25, 0.3) is 0 Å². The molecule has 1 aliphatic heterocycles. The summed E-state index contributed by atoms with van der Waals surface area (Å²) in [6.45, 7) is 6.21. The number of benzene rings is 1. The number of methoxy groups -OCH3 is 1. The third kappa shape index (κ3) is 4.10. The molecule has 0 spiro atoms. The van der Waals surface area contributed by atoms with Crippen molar-refractivity contribution < 1.29 is 14.6 Å². The number of phenols is 1. The maximum absolute atomic E-state index is 9.91. The van der Waals surface area contributed by atoms with E-state index in [9.17, 15) is 5.11 Å². The molecule has 33 heavy (non-hydrogen) atoms. The van der Waals surface area contributed by atoms with E-state index in [4.69, 9.17) is 14.5 Å². The number of phenolic OH excluding ortho intramolecular Hbond substituents is 1. The summed E-state index contributed by atoms with van der Waals surface area (Å²) < 4.78 is 10.7. The van der Waals surface area contributed by atoms with Crippen molar-refractivity contribution in [2.24, 2.45) is 0 Å². The van der Waals surface area contributed by atoms with Crippen molar-refractivity contribution in [2.75, 3.05) is 45.0 Å². The molecule has 1 fully saturated rings. The summed E-state index contributed by atoms with van der Waals surface area (Å²) in [5, 5.41) is 15.4. The molecule has 8 nitrogen and oxygen atoms in total. The summed E-state index contributed by atoms with van der Waals surface area (Å²) in [5.41, 5.74) is 4.73. The highest BCUT2D eigenvalue weighted by atomic mass is 16.5. The van der Waals surface area contributed by atoms with Crippen LogP contribution in [0.3, 0.4) is 0 Å². The third-order valence-electron chi connectivity index (χ3n) is 6.00. The average molecular weight is 446 g/mol. The Morgan fingerprint density at radius 1 is 1.06 bits per heavy atom. The lowest BCUT2D eigenvalue weighted by molar-refractivity contribution is 0.0318. The first-order valence-corrected chi connectivity index (χ1v) is 11.1. The quantitative estimate of drug-likeness (QED) is 0.462. The maximum atomic E-state index is 9.91. The van der Waals surface area contributed by atoms with Crippen molar-refractivity contribution in [3.8, 4) is 33.8 Å². The largest absolute Gasteiger partial charge is 0.504 e. The van der Waals surface area contributed by atoms with Gasteiger partial charge in [0.15, 0.2) is 11.5 Å². The van der Waals surface area contributed by atoms with Gasteiger partial charge in [-0.05, 0) is 42.8 Å². The van der Waals surface area contributed by atoms with E-state index in [0.29, 0.717) is 5.75 Å². The number of morpholine rings is 1. The zero-order chi connectivity index (χ0) is 22.8. The average Bonchev–Trinajstić information content (AvgIpc) is 3.29. The van der Waals surface area contributed by atoms with Crippen LogP contribution in [0.1, 0.15) is 6.92 Å². The van der Waals surface area contributed by atoms with E-state index in [1.165, 1.54) is 0 Å². The van der Waals surface area contributed by atoms with Crippen molar-refractivity contribution in [1.29, 1.82) is 0 Å². The Morgan fingerprint density at radius 3 is 2.58 bits per heavy atom. The van der Waals surface area contributed by atoms with E-state index in [1.807, 2.05) is 30.7 Å². The van der Waals surface area contributed by atoms with E-state index in [2.05, 4.69) is 45.1 Å². The summed E-state index contributed by atoms with van der Waals surface area (Å²) in [7, 11) is 1.54. The van der Waals surface area contributed by atoms with Gasteiger partial charge in [0.2, 0.25) is 0 Å². The van der Waals surface area contributed by atoms with Crippen LogP contribution in [0.25, 0.3) is 33.3 Å². The van der Waals surface area contributed by atoms with E-state index >= 15 is 0 Å². The molecule has 1 aromatic carbocycles. The number of nitrogens with zero attached hydrogens (tertiary/aromatic N) is 4. The van der Waals surface area contributed by atoms with Crippen molar-refractivity contribution in [3.05, 3.63) is 55.0 Å². The molecule has 0 amide bonds. The minimum atomic E-state index is 0.113. The molecule has 1 aliphatic rings. The summed E-state index contributed by atoms with van der Waals surface area (Å²) in [4.78, 5) is 12.6. The molecule has 0 aliphatic carbocycles. The van der Waals surface area contributed by atoms with Crippen molar-refractivity contribution in [2.45, 2.75) is 6.92 Å². The number of hydrazine groups is 1. The second kappa shape index (κ2) is 9.09. The Labute approximate surface area is 192 Å².